The van der Waals surface area contributed by atoms with Gasteiger partial charge in [0.05, 0.1) is 0 Å². The van der Waals surface area contributed by atoms with E-state index in [2.05, 4.69) is 24.9 Å². The van der Waals surface area contributed by atoms with Gasteiger partial charge in [-0.2, -0.15) is 10.5 Å². The van der Waals surface area contributed by atoms with Crippen molar-refractivity contribution in [3.8, 4) is 12.1 Å². The van der Waals surface area contributed by atoms with E-state index in [4.69, 9.17) is 10.5 Å². The van der Waals surface area contributed by atoms with E-state index in [1.165, 1.54) is 0 Å². The van der Waals surface area contributed by atoms with Gasteiger partial charge in [0.1, 0.15) is 17.7 Å². The second-order valence-corrected chi connectivity index (χ2v) is 4.24. The highest BCUT2D eigenvalue weighted by Gasteiger charge is 2.03. The predicted octanol–water partition coefficient (Wildman–Crippen LogP) is 3.27. The van der Waals surface area contributed by atoms with Gasteiger partial charge in [-0.1, -0.05) is 13.0 Å². The Morgan fingerprint density at radius 3 is 2.50 bits per heavy atom. The lowest BCUT2D eigenvalue weighted by Crippen LogP contribution is -2.17. The predicted molar refractivity (Wildman–Crippen MR) is 73.9 cm³/mol. The Kier molecular flexibility index (Phi) is 4.96. The third kappa shape index (κ3) is 3.37. The zero-order chi connectivity index (χ0) is 13.5. The van der Waals surface area contributed by atoms with E-state index in [9.17, 15) is 0 Å². The number of allylic oxidation sites excluding steroid dienone is 1. The zero-order valence-electron chi connectivity index (χ0n) is 11.1. The number of nitriles is 2. The Morgan fingerprint density at radius 2 is 2.00 bits per heavy atom. The molecule has 0 saturated heterocycles. The lowest BCUT2D eigenvalue weighted by molar-refractivity contribution is 0.852. The van der Waals surface area contributed by atoms with Crippen LogP contribution < -0.4 is 4.90 Å². The highest BCUT2D eigenvalue weighted by Crippen LogP contribution is 2.20. The maximum atomic E-state index is 8.74. The summed E-state index contributed by atoms with van der Waals surface area (Å²) in [6, 6.07) is 9.79. The molecule has 1 aromatic carbocycles. The molecule has 0 aromatic heterocycles. The van der Waals surface area contributed by atoms with Gasteiger partial charge in [0.2, 0.25) is 0 Å². The molecule has 0 unspecified atom stereocenters. The van der Waals surface area contributed by atoms with Crippen LogP contribution in [0.3, 0.4) is 0 Å². The quantitative estimate of drug-likeness (QED) is 0.758. The number of hydrogen-bond acceptors (Lipinski definition) is 3. The van der Waals surface area contributed by atoms with E-state index < -0.39 is 0 Å². The molecule has 3 heteroatoms. The molecule has 0 aliphatic rings. The second-order valence-electron chi connectivity index (χ2n) is 4.24. The molecule has 0 bridgehead atoms. The minimum atomic E-state index is 0.132. The van der Waals surface area contributed by atoms with Crippen LogP contribution in [-0.2, 0) is 0 Å². The van der Waals surface area contributed by atoms with Gasteiger partial charge in [0.25, 0.3) is 0 Å². The fraction of sp³-hybridized carbons (Fsp3) is 0.333. The molecule has 0 amide bonds. The first-order valence-electron chi connectivity index (χ1n) is 5.96. The summed E-state index contributed by atoms with van der Waals surface area (Å²) in [5.41, 5.74) is 3.27. The van der Waals surface area contributed by atoms with Crippen LogP contribution in [0.4, 0.5) is 5.69 Å². The van der Waals surface area contributed by atoms with Crippen LogP contribution in [0.2, 0.25) is 0 Å². The maximum absolute atomic E-state index is 8.74. The number of anilines is 1. The van der Waals surface area contributed by atoms with Crippen molar-refractivity contribution in [2.45, 2.75) is 20.3 Å². The average molecular weight is 239 g/mol. The van der Waals surface area contributed by atoms with E-state index in [0.29, 0.717) is 0 Å². The van der Waals surface area contributed by atoms with Crippen LogP contribution in [0, 0.1) is 29.6 Å². The molecule has 0 aliphatic heterocycles. The minimum absolute atomic E-state index is 0.132. The first-order chi connectivity index (χ1) is 8.62. The zero-order valence-corrected chi connectivity index (χ0v) is 11.1. The lowest BCUT2D eigenvalue weighted by Gasteiger charge is -2.19. The molecule has 1 rings (SSSR count). The molecule has 0 N–H and O–H groups in total. The van der Waals surface area contributed by atoms with Gasteiger partial charge in [-0.05, 0) is 42.7 Å². The van der Waals surface area contributed by atoms with Gasteiger partial charge in [-0.25, -0.2) is 0 Å². The summed E-state index contributed by atoms with van der Waals surface area (Å²) in [5.74, 6) is 0. The summed E-state index contributed by atoms with van der Waals surface area (Å²) in [6.07, 6.45) is 2.73. The molecule has 0 fully saturated rings. The Balaban J connectivity index is 3.05. The van der Waals surface area contributed by atoms with Crippen LogP contribution in [-0.4, -0.2) is 13.6 Å². The Morgan fingerprint density at radius 1 is 1.33 bits per heavy atom. The van der Waals surface area contributed by atoms with Gasteiger partial charge >= 0.3 is 0 Å². The average Bonchev–Trinajstić information content (AvgIpc) is 2.37. The minimum Gasteiger partial charge on any atom is -0.375 e. The van der Waals surface area contributed by atoms with Gasteiger partial charge in [0.15, 0.2) is 0 Å². The van der Waals surface area contributed by atoms with E-state index in [1.54, 1.807) is 6.08 Å². The third-order valence-corrected chi connectivity index (χ3v) is 2.79. The number of benzene rings is 1. The van der Waals surface area contributed by atoms with Crippen molar-refractivity contribution in [1.29, 1.82) is 10.5 Å². The summed E-state index contributed by atoms with van der Waals surface area (Å²) in [5, 5.41) is 17.5. The molecular weight excluding hydrogens is 222 g/mol. The molecule has 92 valence electrons. The normalized spacial score (nSPS) is 9.17. The highest BCUT2D eigenvalue weighted by molar-refractivity contribution is 5.66. The van der Waals surface area contributed by atoms with Crippen molar-refractivity contribution in [3.05, 3.63) is 34.9 Å². The summed E-state index contributed by atoms with van der Waals surface area (Å²) >= 11 is 0. The van der Waals surface area contributed by atoms with Gasteiger partial charge < -0.3 is 4.90 Å². The lowest BCUT2D eigenvalue weighted by atomic mass is 10.0. The molecule has 0 aliphatic carbocycles. The van der Waals surface area contributed by atoms with Crippen molar-refractivity contribution in [2.75, 3.05) is 18.5 Å². The van der Waals surface area contributed by atoms with Crippen LogP contribution >= 0.6 is 0 Å². The Labute approximate surface area is 109 Å². The van der Waals surface area contributed by atoms with Crippen LogP contribution in [0.25, 0.3) is 6.08 Å². The standard InChI is InChI=1S/C15H17N3/c1-4-7-18(3)15-6-5-14(12(2)8-15)9-13(10-16)11-17/h5-6,8-9H,4,7H2,1-3H3. The van der Waals surface area contributed by atoms with Gasteiger partial charge in [-0.3, -0.25) is 0 Å². The highest BCUT2D eigenvalue weighted by atomic mass is 15.1. The van der Waals surface area contributed by atoms with E-state index in [-0.39, 0.29) is 5.57 Å². The number of nitrogens with zero attached hydrogens (tertiary/aromatic N) is 3. The van der Waals surface area contributed by atoms with Crippen LogP contribution in [0.15, 0.2) is 23.8 Å². The first-order valence-corrected chi connectivity index (χ1v) is 5.96. The van der Waals surface area contributed by atoms with Crippen molar-refractivity contribution in [1.82, 2.24) is 0 Å². The smallest absolute Gasteiger partial charge is 0.130 e. The fourth-order valence-electron chi connectivity index (χ4n) is 1.77. The van der Waals surface area contributed by atoms with Crippen molar-refractivity contribution in [2.24, 2.45) is 0 Å². The molecule has 0 atom stereocenters. The van der Waals surface area contributed by atoms with Gasteiger partial charge in [-0.15, -0.1) is 0 Å². The summed E-state index contributed by atoms with van der Waals surface area (Å²) in [4.78, 5) is 2.19. The molecule has 3 nitrogen and oxygen atoms in total. The molecule has 1 aromatic rings. The SMILES string of the molecule is CCCN(C)c1ccc(C=C(C#N)C#N)c(C)c1. The Hall–Kier alpha value is -2.26. The molecule has 0 saturated carbocycles. The largest absolute Gasteiger partial charge is 0.375 e. The van der Waals surface area contributed by atoms with Gasteiger partial charge in [0, 0.05) is 19.3 Å². The summed E-state index contributed by atoms with van der Waals surface area (Å²) in [7, 11) is 2.06. The molecule has 0 radical (unpaired) electrons. The van der Waals surface area contributed by atoms with Crippen LogP contribution in [0.1, 0.15) is 24.5 Å². The monoisotopic (exact) mass is 239 g/mol. The molecule has 18 heavy (non-hydrogen) atoms. The fourth-order valence-corrected chi connectivity index (χ4v) is 1.77. The van der Waals surface area contributed by atoms with E-state index in [0.717, 1.165) is 29.8 Å². The first kappa shape index (κ1) is 13.8. The van der Waals surface area contributed by atoms with Crippen molar-refractivity contribution in [3.63, 3.8) is 0 Å². The van der Waals surface area contributed by atoms with Crippen molar-refractivity contribution < 1.29 is 0 Å². The number of aryl methyl sites for hydroxylation is 1. The van der Waals surface area contributed by atoms with Crippen LogP contribution in [0.5, 0.6) is 0 Å². The molecule has 0 heterocycles. The third-order valence-electron chi connectivity index (χ3n) is 2.79. The second kappa shape index (κ2) is 6.47. The Bertz CT molecular complexity index is 514. The number of hydrogen-bond donors (Lipinski definition) is 0. The maximum Gasteiger partial charge on any atom is 0.130 e. The number of rotatable bonds is 4. The van der Waals surface area contributed by atoms with E-state index >= 15 is 0 Å². The topological polar surface area (TPSA) is 50.8 Å². The summed E-state index contributed by atoms with van der Waals surface area (Å²) in [6.45, 7) is 5.14. The van der Waals surface area contributed by atoms with E-state index in [1.807, 2.05) is 31.2 Å². The van der Waals surface area contributed by atoms with Crippen molar-refractivity contribution >= 4 is 11.8 Å². The molecule has 0 spiro atoms. The summed E-state index contributed by atoms with van der Waals surface area (Å²) < 4.78 is 0. The molecular formula is C15H17N3.